The number of rotatable bonds is 4. The van der Waals surface area contributed by atoms with Crippen LogP contribution in [-0.4, -0.2) is 74.0 Å². The molecule has 1 fully saturated rings. The smallest absolute Gasteiger partial charge is 0.409 e. The Kier molecular flexibility index (Phi) is 6.63. The first kappa shape index (κ1) is 25.8. The van der Waals surface area contributed by atoms with Crippen LogP contribution in [0.4, 0.5) is 13.6 Å². The number of benzene rings is 1. The largest absolute Gasteiger partial charge is 0.503 e. The first-order valence-corrected chi connectivity index (χ1v) is 12.9. The molecule has 1 spiro atoms. The predicted octanol–water partition coefficient (Wildman–Crippen LogP) is 3.02. The highest BCUT2D eigenvalue weighted by Crippen LogP contribution is 2.37. The maximum atomic E-state index is 14.1. The van der Waals surface area contributed by atoms with Gasteiger partial charge in [-0.1, -0.05) is 17.4 Å². The average molecular weight is 546 g/mol. The van der Waals surface area contributed by atoms with E-state index in [1.54, 1.807) is 28.3 Å². The maximum absolute atomic E-state index is 14.1. The molecule has 1 N–H and O–H groups in total. The molecule has 2 aliphatic rings. The summed E-state index contributed by atoms with van der Waals surface area (Å²) < 4.78 is 34.0. The zero-order valence-electron chi connectivity index (χ0n) is 20.7. The Morgan fingerprint density at radius 1 is 1.21 bits per heavy atom. The van der Waals surface area contributed by atoms with Crippen LogP contribution < -0.4 is 5.43 Å². The van der Waals surface area contributed by atoms with Crippen molar-refractivity contribution in [2.75, 3.05) is 26.7 Å². The van der Waals surface area contributed by atoms with E-state index in [1.165, 1.54) is 12.3 Å². The van der Waals surface area contributed by atoms with Gasteiger partial charge in [-0.3, -0.25) is 9.59 Å². The predicted molar refractivity (Wildman–Crippen MR) is 133 cm³/mol. The van der Waals surface area contributed by atoms with E-state index in [-0.39, 0.29) is 34.9 Å². The van der Waals surface area contributed by atoms with Crippen LogP contribution in [0, 0.1) is 11.6 Å². The molecule has 1 saturated heterocycles. The zero-order valence-corrected chi connectivity index (χ0v) is 21.6. The lowest BCUT2D eigenvalue weighted by Crippen LogP contribution is -2.61. The fourth-order valence-electron chi connectivity index (χ4n) is 5.02. The molecule has 0 atom stereocenters. The summed E-state index contributed by atoms with van der Waals surface area (Å²) in [7, 11) is 1.63. The van der Waals surface area contributed by atoms with Gasteiger partial charge in [0.25, 0.3) is 5.91 Å². The minimum atomic E-state index is -0.762. The second kappa shape index (κ2) is 9.78. The van der Waals surface area contributed by atoms with Crippen molar-refractivity contribution in [2.24, 2.45) is 0 Å². The second-order valence-corrected chi connectivity index (χ2v) is 10.4. The third kappa shape index (κ3) is 4.40. The quantitative estimate of drug-likeness (QED) is 0.536. The molecule has 2 aromatic heterocycles. The molecule has 13 heteroatoms. The molecule has 5 rings (SSSR count). The van der Waals surface area contributed by atoms with E-state index in [0.29, 0.717) is 37.5 Å². The van der Waals surface area contributed by atoms with Gasteiger partial charge in [0.2, 0.25) is 5.43 Å². The molecule has 2 amide bonds. The van der Waals surface area contributed by atoms with Crippen LogP contribution in [0.1, 0.15) is 40.8 Å². The van der Waals surface area contributed by atoms with Crippen LogP contribution in [0.2, 0.25) is 0 Å². The lowest BCUT2D eigenvalue weighted by Gasteiger charge is -2.50. The molecule has 0 bridgehead atoms. The van der Waals surface area contributed by atoms with E-state index in [1.807, 2.05) is 0 Å². The first-order chi connectivity index (χ1) is 18.1. The van der Waals surface area contributed by atoms with Gasteiger partial charge < -0.3 is 24.2 Å². The summed E-state index contributed by atoms with van der Waals surface area (Å²) >= 11 is 1.04. The summed E-state index contributed by atoms with van der Waals surface area (Å²) in [5.41, 5.74) is -1.22. The van der Waals surface area contributed by atoms with Gasteiger partial charge >= 0.3 is 6.09 Å². The topological polar surface area (TPSA) is 118 Å². The molecule has 200 valence electrons. The number of likely N-dealkylation sites (N-methyl/N-ethyl adjacent to an activating group) is 1. The number of fused-ring (bicyclic) bond motifs is 1. The minimum Gasteiger partial charge on any atom is -0.503 e. The van der Waals surface area contributed by atoms with Crippen LogP contribution >= 0.6 is 11.3 Å². The molecule has 0 unspecified atom stereocenters. The Morgan fingerprint density at radius 2 is 1.95 bits per heavy atom. The number of carbonyl (C=O) groups is 2. The fraction of sp³-hybridized carbons (Fsp3) is 0.400. The zero-order chi connectivity index (χ0) is 27.2. The molecule has 4 heterocycles. The summed E-state index contributed by atoms with van der Waals surface area (Å²) in [4.78, 5) is 41.6. The van der Waals surface area contributed by atoms with Crippen molar-refractivity contribution < 1.29 is 28.2 Å². The Balaban J connectivity index is 1.44. The van der Waals surface area contributed by atoms with Crippen molar-refractivity contribution in [3.8, 4) is 16.3 Å². The normalized spacial score (nSPS) is 16.6. The van der Waals surface area contributed by atoms with Crippen LogP contribution in [0.15, 0.2) is 29.2 Å². The number of pyridine rings is 1. The number of likely N-dealkylation sites (tertiary alicyclic amines) is 1. The summed E-state index contributed by atoms with van der Waals surface area (Å²) in [5, 5.41) is 19.5. The number of carbonyl (C=O) groups excluding carboxylic acids is 2. The van der Waals surface area contributed by atoms with Crippen LogP contribution in [0.3, 0.4) is 0 Å². The highest BCUT2D eigenvalue weighted by molar-refractivity contribution is 7.14. The Hall–Kier alpha value is -3.87. The third-order valence-corrected chi connectivity index (χ3v) is 8.17. The lowest BCUT2D eigenvalue weighted by atomic mass is 9.83. The highest BCUT2D eigenvalue weighted by Gasteiger charge is 2.47. The average Bonchev–Trinajstić information content (AvgIpc) is 3.35. The van der Waals surface area contributed by atoms with Crippen molar-refractivity contribution in [2.45, 2.75) is 38.3 Å². The molecule has 38 heavy (non-hydrogen) atoms. The molecular weight excluding hydrogens is 520 g/mol. The van der Waals surface area contributed by atoms with E-state index < -0.39 is 40.4 Å². The van der Waals surface area contributed by atoms with Gasteiger partial charge in [0.05, 0.1) is 17.7 Å². The van der Waals surface area contributed by atoms with Gasteiger partial charge in [-0.05, 0) is 31.4 Å². The molecule has 0 radical (unpaired) electrons. The van der Waals surface area contributed by atoms with Gasteiger partial charge in [0.15, 0.2) is 16.5 Å². The number of hydrogen-bond donors (Lipinski definition) is 1. The van der Waals surface area contributed by atoms with E-state index in [0.717, 1.165) is 23.5 Å². The van der Waals surface area contributed by atoms with Gasteiger partial charge in [-0.15, -0.1) is 10.2 Å². The van der Waals surface area contributed by atoms with Gasteiger partial charge in [0.1, 0.15) is 16.6 Å². The molecule has 10 nitrogen and oxygen atoms in total. The molecule has 2 aliphatic heterocycles. The molecule has 0 aliphatic carbocycles. The Morgan fingerprint density at radius 3 is 2.63 bits per heavy atom. The number of nitrogens with zero attached hydrogens (tertiary/aromatic N) is 5. The Bertz CT molecular complexity index is 1480. The van der Waals surface area contributed by atoms with Crippen LogP contribution in [0.5, 0.6) is 5.75 Å². The van der Waals surface area contributed by atoms with Crippen molar-refractivity contribution in [1.82, 2.24) is 24.6 Å². The number of amides is 2. The summed E-state index contributed by atoms with van der Waals surface area (Å²) in [5.74, 6) is -2.58. The summed E-state index contributed by atoms with van der Waals surface area (Å²) in [6.45, 7) is 3.10. The van der Waals surface area contributed by atoms with Crippen LogP contribution in [-0.2, 0) is 17.7 Å². The maximum Gasteiger partial charge on any atom is 0.409 e. The third-order valence-electron chi connectivity index (χ3n) is 7.21. The molecular formula is C25H25F2N5O5S. The summed E-state index contributed by atoms with van der Waals surface area (Å²) in [6.07, 6.45) is 2.11. The highest BCUT2D eigenvalue weighted by atomic mass is 32.1. The van der Waals surface area contributed by atoms with E-state index in [9.17, 15) is 28.3 Å². The first-order valence-electron chi connectivity index (χ1n) is 12.1. The van der Waals surface area contributed by atoms with Crippen molar-refractivity contribution in [3.05, 3.63) is 62.5 Å². The van der Waals surface area contributed by atoms with Gasteiger partial charge in [0, 0.05) is 45.4 Å². The number of aromatic hydroxyl groups is 1. The summed E-state index contributed by atoms with van der Waals surface area (Å²) in [6, 6.07) is 3.25. The molecule has 1 aromatic carbocycles. The number of hydrogen-bond acceptors (Lipinski definition) is 8. The number of ether oxygens (including phenoxy) is 1. The van der Waals surface area contributed by atoms with Gasteiger partial charge in [-0.25, -0.2) is 13.6 Å². The second-order valence-electron chi connectivity index (χ2n) is 9.38. The van der Waals surface area contributed by atoms with E-state index >= 15 is 0 Å². The van der Waals surface area contributed by atoms with Gasteiger partial charge in [-0.2, -0.15) is 0 Å². The number of piperidine rings is 1. The van der Waals surface area contributed by atoms with Crippen molar-refractivity contribution in [3.63, 3.8) is 0 Å². The monoisotopic (exact) mass is 545 g/mol. The SMILES string of the molecule is CCOC(=O)N1CCC2(CC1)Cn1cc(-c3nnc(Cc4ccc(F)cc4F)s3)c(=O)c(O)c1C(=O)N2C. The number of aromatic nitrogens is 3. The number of halogens is 2. The molecule has 3 aromatic rings. The standard InChI is InChI=1S/C25H25F2N5O5S/c1-3-37-24(36)31-8-6-25(7-9-31)13-32-12-16(20(33)21(34)19(32)23(35)30(25)2)22-29-28-18(38-22)10-14-4-5-15(26)11-17(14)27/h4-5,11-12,34H,3,6-10,13H2,1-2H3. The van der Waals surface area contributed by atoms with Crippen molar-refractivity contribution >= 4 is 23.3 Å². The van der Waals surface area contributed by atoms with E-state index in [2.05, 4.69) is 10.2 Å². The lowest BCUT2D eigenvalue weighted by molar-refractivity contribution is 0.00953. The van der Waals surface area contributed by atoms with E-state index in [4.69, 9.17) is 4.74 Å². The van der Waals surface area contributed by atoms with Crippen LogP contribution in [0.25, 0.3) is 10.6 Å². The Labute approximate surface area is 220 Å². The molecule has 0 saturated carbocycles. The van der Waals surface area contributed by atoms with Crippen molar-refractivity contribution in [1.29, 1.82) is 0 Å². The minimum absolute atomic E-state index is 0.0470. The fourth-order valence-corrected chi connectivity index (χ4v) is 5.89.